The average Bonchev–Trinajstić information content (AvgIpc) is 3.13. The van der Waals surface area contributed by atoms with Crippen LogP contribution in [0, 0.1) is 13.8 Å². The largest absolute Gasteiger partial charge is 0.497 e. The molecule has 1 N–H and O–H groups in total. The molecule has 148 valence electrons. The molecule has 0 atom stereocenters. The highest BCUT2D eigenvalue weighted by Gasteiger charge is 2.19. The molecule has 4 aromatic rings. The molecule has 0 fully saturated rings. The molecule has 2 aromatic heterocycles. The van der Waals surface area contributed by atoms with Crippen molar-refractivity contribution in [1.82, 2.24) is 0 Å². The maximum Gasteiger partial charge on any atom is 0.339 e. The Balaban J connectivity index is 1.95. The van der Waals surface area contributed by atoms with Crippen molar-refractivity contribution in [3.63, 3.8) is 0 Å². The number of methoxy groups -OCH3 is 1. The summed E-state index contributed by atoms with van der Waals surface area (Å²) >= 11 is 0. The van der Waals surface area contributed by atoms with E-state index >= 15 is 0 Å². The van der Waals surface area contributed by atoms with Gasteiger partial charge in [-0.3, -0.25) is 4.79 Å². The third-order valence-electron chi connectivity index (χ3n) is 5.33. The van der Waals surface area contributed by atoms with E-state index in [2.05, 4.69) is 0 Å². The lowest BCUT2D eigenvalue weighted by Crippen LogP contribution is -2.12. The fourth-order valence-corrected chi connectivity index (χ4v) is 3.71. The molecule has 0 saturated heterocycles. The molecule has 0 spiro atoms. The second-order valence-corrected chi connectivity index (χ2v) is 7.02. The van der Waals surface area contributed by atoms with Gasteiger partial charge in [-0.05, 0) is 49.6 Å². The van der Waals surface area contributed by atoms with Crippen LogP contribution in [0.1, 0.15) is 23.1 Å². The van der Waals surface area contributed by atoms with Crippen molar-refractivity contribution in [3.8, 4) is 16.9 Å². The van der Waals surface area contributed by atoms with E-state index in [1.165, 1.54) is 0 Å². The molecule has 0 saturated carbocycles. The standard InChI is InChI=1S/C23H20O6/c1-12-16(8-9-20(24)25)23(26)29-22-13(2)21-18(10-17(12)22)19(11-28-21)14-4-6-15(27-3)7-5-14/h4-7,10-11H,8-9H2,1-3H3,(H,24,25). The molecule has 0 radical (unpaired) electrons. The van der Waals surface area contributed by atoms with Gasteiger partial charge in [0, 0.05) is 33.9 Å². The zero-order valence-corrected chi connectivity index (χ0v) is 16.4. The molecule has 0 aliphatic rings. The predicted octanol–water partition coefficient (Wildman–Crippen LogP) is 4.85. The summed E-state index contributed by atoms with van der Waals surface area (Å²) in [5, 5.41) is 10.7. The number of carboxylic acid groups (broad SMARTS) is 1. The van der Waals surface area contributed by atoms with Gasteiger partial charge in [0.25, 0.3) is 0 Å². The van der Waals surface area contributed by atoms with Gasteiger partial charge in [-0.1, -0.05) is 12.1 Å². The number of furan rings is 1. The SMILES string of the molecule is COc1ccc(-c2coc3c(C)c4oc(=O)c(CCC(=O)O)c(C)c4cc23)cc1. The number of fused-ring (bicyclic) bond motifs is 2. The molecule has 6 heteroatoms. The van der Waals surface area contributed by atoms with Gasteiger partial charge in [0.2, 0.25) is 0 Å². The molecule has 0 aliphatic heterocycles. The molecule has 6 nitrogen and oxygen atoms in total. The zero-order chi connectivity index (χ0) is 20.7. The number of rotatable bonds is 5. The quantitative estimate of drug-likeness (QED) is 0.488. The van der Waals surface area contributed by atoms with E-state index in [0.717, 1.165) is 38.8 Å². The Labute approximate surface area is 166 Å². The van der Waals surface area contributed by atoms with Crippen LogP contribution in [0.5, 0.6) is 5.75 Å². The highest BCUT2D eigenvalue weighted by Crippen LogP contribution is 2.37. The van der Waals surface area contributed by atoms with Crippen molar-refractivity contribution in [2.45, 2.75) is 26.7 Å². The summed E-state index contributed by atoms with van der Waals surface area (Å²) in [6, 6.07) is 9.63. The minimum atomic E-state index is -0.952. The van der Waals surface area contributed by atoms with Gasteiger partial charge in [0.1, 0.15) is 16.9 Å². The smallest absolute Gasteiger partial charge is 0.339 e. The molecule has 0 amide bonds. The van der Waals surface area contributed by atoms with Crippen molar-refractivity contribution < 1.29 is 23.5 Å². The van der Waals surface area contributed by atoms with Gasteiger partial charge in [0.15, 0.2) is 0 Å². The number of aryl methyl sites for hydroxylation is 2. The number of hydrogen-bond acceptors (Lipinski definition) is 5. The van der Waals surface area contributed by atoms with Crippen LogP contribution < -0.4 is 10.4 Å². The maximum absolute atomic E-state index is 12.4. The van der Waals surface area contributed by atoms with Crippen LogP contribution in [0.3, 0.4) is 0 Å². The van der Waals surface area contributed by atoms with Crippen molar-refractivity contribution in [2.24, 2.45) is 0 Å². The van der Waals surface area contributed by atoms with Gasteiger partial charge in [-0.25, -0.2) is 4.79 Å². The molecule has 29 heavy (non-hydrogen) atoms. The maximum atomic E-state index is 12.4. The number of benzene rings is 2. The minimum Gasteiger partial charge on any atom is -0.497 e. The first-order chi connectivity index (χ1) is 13.9. The van der Waals surface area contributed by atoms with Crippen molar-refractivity contribution in [2.75, 3.05) is 7.11 Å². The Hall–Kier alpha value is -3.54. The monoisotopic (exact) mass is 392 g/mol. The van der Waals surface area contributed by atoms with Gasteiger partial charge in [-0.15, -0.1) is 0 Å². The Morgan fingerprint density at radius 2 is 1.79 bits per heavy atom. The van der Waals surface area contributed by atoms with Gasteiger partial charge in [0.05, 0.1) is 13.4 Å². The molecular weight excluding hydrogens is 372 g/mol. The van der Waals surface area contributed by atoms with Crippen LogP contribution >= 0.6 is 0 Å². The normalized spacial score (nSPS) is 11.3. The molecule has 0 aliphatic carbocycles. The molecule has 0 unspecified atom stereocenters. The molecule has 2 aromatic carbocycles. The van der Waals surface area contributed by atoms with Crippen LogP contribution in [0.25, 0.3) is 33.1 Å². The van der Waals surface area contributed by atoms with Crippen LogP contribution in [-0.2, 0) is 11.2 Å². The van der Waals surface area contributed by atoms with Gasteiger partial charge >= 0.3 is 11.6 Å². The highest BCUT2D eigenvalue weighted by atomic mass is 16.5. The molecular formula is C23H20O6. The first-order valence-electron chi connectivity index (χ1n) is 9.24. The lowest BCUT2D eigenvalue weighted by molar-refractivity contribution is -0.136. The fourth-order valence-electron chi connectivity index (χ4n) is 3.71. The number of ether oxygens (including phenoxy) is 1. The predicted molar refractivity (Wildman–Crippen MR) is 110 cm³/mol. The third-order valence-corrected chi connectivity index (χ3v) is 5.33. The summed E-state index contributed by atoms with van der Waals surface area (Å²) in [6.07, 6.45) is 1.70. The van der Waals surface area contributed by atoms with Crippen molar-refractivity contribution >= 4 is 27.9 Å². The number of aliphatic carboxylic acids is 1. The first kappa shape index (κ1) is 18.8. The zero-order valence-electron chi connectivity index (χ0n) is 16.4. The summed E-state index contributed by atoms with van der Waals surface area (Å²) in [7, 11) is 1.62. The summed E-state index contributed by atoms with van der Waals surface area (Å²) in [4.78, 5) is 23.4. The van der Waals surface area contributed by atoms with E-state index in [-0.39, 0.29) is 12.8 Å². The summed E-state index contributed by atoms with van der Waals surface area (Å²) in [5.41, 5.74) is 4.40. The number of hydrogen-bond donors (Lipinski definition) is 1. The summed E-state index contributed by atoms with van der Waals surface area (Å²) in [6.45, 7) is 3.68. The number of carboxylic acids is 1. The lowest BCUT2D eigenvalue weighted by atomic mass is 9.97. The van der Waals surface area contributed by atoms with Crippen LogP contribution in [0.2, 0.25) is 0 Å². The Morgan fingerprint density at radius 1 is 1.07 bits per heavy atom. The summed E-state index contributed by atoms with van der Waals surface area (Å²) in [5.74, 6) is -0.184. The van der Waals surface area contributed by atoms with Gasteiger partial charge in [-0.2, -0.15) is 0 Å². The molecule has 2 heterocycles. The highest BCUT2D eigenvalue weighted by molar-refractivity contribution is 6.04. The average molecular weight is 392 g/mol. The van der Waals surface area contributed by atoms with E-state index in [0.29, 0.717) is 16.7 Å². The number of carbonyl (C=O) groups is 1. The lowest BCUT2D eigenvalue weighted by Gasteiger charge is -2.10. The van der Waals surface area contributed by atoms with Crippen LogP contribution in [0.15, 0.2) is 50.2 Å². The third kappa shape index (κ3) is 3.16. The van der Waals surface area contributed by atoms with Crippen molar-refractivity contribution in [3.05, 3.63) is 63.7 Å². The van der Waals surface area contributed by atoms with E-state index in [1.807, 2.05) is 44.2 Å². The summed E-state index contributed by atoms with van der Waals surface area (Å²) < 4.78 is 16.6. The van der Waals surface area contributed by atoms with E-state index in [9.17, 15) is 9.59 Å². The van der Waals surface area contributed by atoms with Crippen LogP contribution in [-0.4, -0.2) is 18.2 Å². The van der Waals surface area contributed by atoms with E-state index in [4.69, 9.17) is 18.7 Å². The van der Waals surface area contributed by atoms with Crippen LogP contribution in [0.4, 0.5) is 0 Å². The van der Waals surface area contributed by atoms with E-state index < -0.39 is 11.6 Å². The Morgan fingerprint density at radius 3 is 2.45 bits per heavy atom. The fraction of sp³-hybridized carbons (Fsp3) is 0.217. The Bertz CT molecular complexity index is 1290. The second kappa shape index (κ2) is 7.13. The van der Waals surface area contributed by atoms with E-state index in [1.54, 1.807) is 13.4 Å². The molecule has 0 bridgehead atoms. The van der Waals surface area contributed by atoms with Gasteiger partial charge < -0.3 is 18.7 Å². The minimum absolute atomic E-state index is 0.124. The molecule has 4 rings (SSSR count). The second-order valence-electron chi connectivity index (χ2n) is 7.02. The first-order valence-corrected chi connectivity index (χ1v) is 9.24. The topological polar surface area (TPSA) is 89.9 Å². The van der Waals surface area contributed by atoms with Crippen molar-refractivity contribution in [1.29, 1.82) is 0 Å². The Kier molecular flexibility index (Phi) is 4.62.